The largest absolute Gasteiger partial charge is 0.484 e. The van der Waals surface area contributed by atoms with Crippen LogP contribution in [0.15, 0.2) is 42.5 Å². The molecule has 0 unspecified atom stereocenters. The van der Waals surface area contributed by atoms with Crippen molar-refractivity contribution >= 4 is 23.3 Å². The Kier molecular flexibility index (Phi) is 5.19. The number of aryl methyl sites for hydroxylation is 2. The monoisotopic (exact) mass is 313 g/mol. The molecule has 0 aliphatic rings. The maximum atomic E-state index is 11.9. The van der Waals surface area contributed by atoms with Crippen molar-refractivity contribution in [1.82, 2.24) is 0 Å². The molecule has 2 rings (SSSR count). The highest BCUT2D eigenvalue weighted by Crippen LogP contribution is 2.17. The predicted octanol–water partition coefficient (Wildman–Crippen LogP) is 2.81. The number of amides is 3. The van der Waals surface area contributed by atoms with Gasteiger partial charge in [0.1, 0.15) is 5.75 Å². The SMILES string of the molecule is Cc1ccc(OCC(=O)Nc2ccc(NC(N)=O)cc2)cc1C. The summed E-state index contributed by atoms with van der Waals surface area (Å²) < 4.78 is 5.47. The molecule has 2 aromatic carbocycles. The zero-order chi connectivity index (χ0) is 16.8. The van der Waals surface area contributed by atoms with E-state index in [1.54, 1.807) is 24.3 Å². The minimum atomic E-state index is -0.636. The van der Waals surface area contributed by atoms with E-state index in [1.165, 1.54) is 5.56 Å². The summed E-state index contributed by atoms with van der Waals surface area (Å²) in [7, 11) is 0. The van der Waals surface area contributed by atoms with Gasteiger partial charge in [-0.15, -0.1) is 0 Å². The average Bonchev–Trinajstić information content (AvgIpc) is 2.50. The minimum Gasteiger partial charge on any atom is -0.484 e. The van der Waals surface area contributed by atoms with Gasteiger partial charge in [0.2, 0.25) is 0 Å². The quantitative estimate of drug-likeness (QED) is 0.792. The van der Waals surface area contributed by atoms with Gasteiger partial charge in [-0.05, 0) is 61.4 Å². The number of benzene rings is 2. The van der Waals surface area contributed by atoms with Crippen LogP contribution in [0.1, 0.15) is 11.1 Å². The van der Waals surface area contributed by atoms with Crippen LogP contribution >= 0.6 is 0 Å². The van der Waals surface area contributed by atoms with Gasteiger partial charge in [-0.25, -0.2) is 4.79 Å². The van der Waals surface area contributed by atoms with E-state index in [4.69, 9.17) is 10.5 Å². The van der Waals surface area contributed by atoms with Crippen molar-refractivity contribution in [2.75, 3.05) is 17.2 Å². The van der Waals surface area contributed by atoms with Crippen LogP contribution in [-0.2, 0) is 4.79 Å². The third-order valence-corrected chi connectivity index (χ3v) is 3.28. The number of carbonyl (C=O) groups excluding carboxylic acids is 2. The van der Waals surface area contributed by atoms with Gasteiger partial charge in [0.25, 0.3) is 5.91 Å². The van der Waals surface area contributed by atoms with Crippen molar-refractivity contribution in [3.05, 3.63) is 53.6 Å². The van der Waals surface area contributed by atoms with E-state index in [0.717, 1.165) is 5.56 Å². The maximum absolute atomic E-state index is 11.9. The zero-order valence-electron chi connectivity index (χ0n) is 13.1. The van der Waals surface area contributed by atoms with Crippen molar-refractivity contribution in [3.63, 3.8) is 0 Å². The summed E-state index contributed by atoms with van der Waals surface area (Å²) >= 11 is 0. The van der Waals surface area contributed by atoms with Crippen molar-refractivity contribution in [3.8, 4) is 5.75 Å². The second-order valence-corrected chi connectivity index (χ2v) is 5.15. The van der Waals surface area contributed by atoms with Crippen LogP contribution in [0.5, 0.6) is 5.75 Å². The number of rotatable bonds is 5. The lowest BCUT2D eigenvalue weighted by atomic mass is 10.1. The molecule has 6 nitrogen and oxygen atoms in total. The first-order valence-corrected chi connectivity index (χ1v) is 7.10. The maximum Gasteiger partial charge on any atom is 0.316 e. The summed E-state index contributed by atoms with van der Waals surface area (Å²) in [5.41, 5.74) is 8.47. The smallest absolute Gasteiger partial charge is 0.316 e. The Balaban J connectivity index is 1.86. The molecule has 0 heterocycles. The normalized spacial score (nSPS) is 10.0. The first kappa shape index (κ1) is 16.4. The Labute approximate surface area is 134 Å². The molecule has 0 bridgehead atoms. The number of ether oxygens (including phenoxy) is 1. The fourth-order valence-electron chi connectivity index (χ4n) is 1.93. The van der Waals surface area contributed by atoms with Gasteiger partial charge in [0, 0.05) is 11.4 Å². The van der Waals surface area contributed by atoms with Crippen molar-refractivity contribution < 1.29 is 14.3 Å². The van der Waals surface area contributed by atoms with E-state index < -0.39 is 6.03 Å². The van der Waals surface area contributed by atoms with Crippen LogP contribution in [0, 0.1) is 13.8 Å². The molecule has 4 N–H and O–H groups in total. The minimum absolute atomic E-state index is 0.0796. The molecule has 6 heteroatoms. The fraction of sp³-hybridized carbons (Fsp3) is 0.176. The highest BCUT2D eigenvalue weighted by atomic mass is 16.5. The zero-order valence-corrected chi connectivity index (χ0v) is 13.1. The lowest BCUT2D eigenvalue weighted by Gasteiger charge is -2.09. The molecule has 3 amide bonds. The van der Waals surface area contributed by atoms with Gasteiger partial charge in [-0.1, -0.05) is 6.07 Å². The third kappa shape index (κ3) is 5.03. The Morgan fingerprint density at radius 2 is 1.57 bits per heavy atom. The molecule has 0 aliphatic carbocycles. The van der Waals surface area contributed by atoms with Crippen LogP contribution in [0.3, 0.4) is 0 Å². The van der Waals surface area contributed by atoms with Gasteiger partial charge in [0.15, 0.2) is 6.61 Å². The van der Waals surface area contributed by atoms with Crippen molar-refractivity contribution in [2.45, 2.75) is 13.8 Å². The predicted molar refractivity (Wildman–Crippen MR) is 89.7 cm³/mol. The Bertz CT molecular complexity index is 712. The molecule has 0 radical (unpaired) electrons. The number of urea groups is 1. The summed E-state index contributed by atoms with van der Waals surface area (Å²) in [5, 5.41) is 5.15. The van der Waals surface area contributed by atoms with Gasteiger partial charge in [-0.3, -0.25) is 4.79 Å². The molecule has 0 saturated carbocycles. The molecular weight excluding hydrogens is 294 g/mol. The van der Waals surface area contributed by atoms with E-state index in [0.29, 0.717) is 17.1 Å². The van der Waals surface area contributed by atoms with Crippen LogP contribution in [0.4, 0.5) is 16.2 Å². The number of nitrogens with two attached hydrogens (primary N) is 1. The summed E-state index contributed by atoms with van der Waals surface area (Å²) in [6.07, 6.45) is 0. The topological polar surface area (TPSA) is 93.4 Å². The number of hydrogen-bond donors (Lipinski definition) is 3. The average molecular weight is 313 g/mol. The van der Waals surface area contributed by atoms with E-state index in [9.17, 15) is 9.59 Å². The van der Waals surface area contributed by atoms with Gasteiger partial charge >= 0.3 is 6.03 Å². The highest BCUT2D eigenvalue weighted by molar-refractivity contribution is 5.92. The molecule has 23 heavy (non-hydrogen) atoms. The molecule has 2 aromatic rings. The van der Waals surface area contributed by atoms with Gasteiger partial charge < -0.3 is 21.1 Å². The van der Waals surface area contributed by atoms with Crippen molar-refractivity contribution in [2.24, 2.45) is 5.73 Å². The molecule has 0 spiro atoms. The van der Waals surface area contributed by atoms with Crippen LogP contribution in [0.25, 0.3) is 0 Å². The van der Waals surface area contributed by atoms with Crippen LogP contribution < -0.4 is 21.1 Å². The summed E-state index contributed by atoms with van der Waals surface area (Å²) in [6.45, 7) is 3.93. The molecule has 0 aliphatic heterocycles. The second-order valence-electron chi connectivity index (χ2n) is 5.15. The van der Waals surface area contributed by atoms with E-state index in [1.807, 2.05) is 32.0 Å². The second kappa shape index (κ2) is 7.31. The molecule has 0 aromatic heterocycles. The van der Waals surface area contributed by atoms with Crippen LogP contribution in [-0.4, -0.2) is 18.5 Å². The van der Waals surface area contributed by atoms with Crippen LogP contribution in [0.2, 0.25) is 0 Å². The number of primary amides is 1. The fourth-order valence-corrected chi connectivity index (χ4v) is 1.93. The lowest BCUT2D eigenvalue weighted by Crippen LogP contribution is -2.20. The molecule has 0 fully saturated rings. The van der Waals surface area contributed by atoms with E-state index in [2.05, 4.69) is 10.6 Å². The number of anilines is 2. The highest BCUT2D eigenvalue weighted by Gasteiger charge is 2.05. The summed E-state index contributed by atoms with van der Waals surface area (Å²) in [6, 6.07) is 11.7. The van der Waals surface area contributed by atoms with E-state index in [-0.39, 0.29) is 12.5 Å². The van der Waals surface area contributed by atoms with Gasteiger partial charge in [-0.2, -0.15) is 0 Å². The molecule has 0 atom stereocenters. The number of hydrogen-bond acceptors (Lipinski definition) is 3. The Hall–Kier alpha value is -3.02. The summed E-state index contributed by atoms with van der Waals surface area (Å²) in [4.78, 5) is 22.6. The number of nitrogens with one attached hydrogen (secondary N) is 2. The van der Waals surface area contributed by atoms with Crippen molar-refractivity contribution in [1.29, 1.82) is 0 Å². The first-order chi connectivity index (χ1) is 10.9. The number of carbonyl (C=O) groups is 2. The first-order valence-electron chi connectivity index (χ1n) is 7.10. The third-order valence-electron chi connectivity index (χ3n) is 3.28. The molecular formula is C17H19N3O3. The summed E-state index contributed by atoms with van der Waals surface area (Å²) in [5.74, 6) is 0.392. The van der Waals surface area contributed by atoms with E-state index >= 15 is 0 Å². The molecule has 120 valence electrons. The Morgan fingerprint density at radius 3 is 2.13 bits per heavy atom. The molecule has 0 saturated heterocycles. The Morgan fingerprint density at radius 1 is 0.957 bits per heavy atom. The lowest BCUT2D eigenvalue weighted by molar-refractivity contribution is -0.118. The standard InChI is InChI=1S/C17H19N3O3/c1-11-3-8-15(9-12(11)2)23-10-16(21)19-13-4-6-14(7-5-13)20-17(18)22/h3-9H,10H2,1-2H3,(H,19,21)(H3,18,20,22). The van der Waals surface area contributed by atoms with Gasteiger partial charge in [0.05, 0.1) is 0 Å².